The number of piperazine rings is 1. The maximum absolute atomic E-state index is 14.1. The SMILES string of the molecule is CC1(C)CCC(CN2CCN(c3ccc(C(=O)NS(=O)(=O)c4ccc(NC[C@H]5COCCO5)c([N+](=O)[O-])c4)c(Oc4cnc5[nH]ccc5c4)c3)CC2)=C(c2cc(-c3ccc(F)c(F)c3)cs2)C1. The Morgan fingerprint density at radius 2 is 1.85 bits per heavy atom. The molecule has 3 N–H and O–H groups in total. The monoisotopic (exact) mass is 953 g/mol. The number of anilines is 2. The fourth-order valence-electron chi connectivity index (χ4n) is 8.70. The number of sulfonamides is 1. The van der Waals surface area contributed by atoms with Gasteiger partial charge < -0.3 is 29.4 Å². The number of H-pyrrole nitrogens is 1. The summed E-state index contributed by atoms with van der Waals surface area (Å²) in [5, 5.41) is 17.8. The predicted molar refractivity (Wildman–Crippen MR) is 252 cm³/mol. The number of nitro groups is 1. The zero-order valence-electron chi connectivity index (χ0n) is 36.9. The van der Waals surface area contributed by atoms with Crippen LogP contribution in [0.1, 0.15) is 48.3 Å². The summed E-state index contributed by atoms with van der Waals surface area (Å²) in [6.07, 6.45) is 5.82. The van der Waals surface area contributed by atoms with Crippen LogP contribution >= 0.6 is 11.3 Å². The molecule has 2 aliphatic heterocycles. The first-order valence-corrected chi connectivity index (χ1v) is 24.3. The van der Waals surface area contributed by atoms with Gasteiger partial charge >= 0.3 is 0 Å². The minimum absolute atomic E-state index is 0.0800. The number of carbonyl (C=O) groups excluding carboxylic acids is 1. The first-order valence-electron chi connectivity index (χ1n) is 21.9. The molecule has 0 radical (unpaired) electrons. The van der Waals surface area contributed by atoms with Gasteiger partial charge in [0.2, 0.25) is 0 Å². The molecule has 2 saturated heterocycles. The summed E-state index contributed by atoms with van der Waals surface area (Å²) in [7, 11) is -4.61. The second-order valence-electron chi connectivity index (χ2n) is 17.7. The molecular formula is C48H49F2N7O8S2. The maximum Gasteiger partial charge on any atom is 0.293 e. The number of nitrogens with zero attached hydrogens (tertiary/aromatic N) is 4. The molecule has 6 aromatic rings. The van der Waals surface area contributed by atoms with Crippen LogP contribution in [0.25, 0.3) is 27.7 Å². The van der Waals surface area contributed by atoms with Crippen LogP contribution in [0, 0.1) is 27.2 Å². The van der Waals surface area contributed by atoms with Crippen molar-refractivity contribution < 1.29 is 41.1 Å². The highest BCUT2D eigenvalue weighted by atomic mass is 32.2. The summed E-state index contributed by atoms with van der Waals surface area (Å²) in [4.78, 5) is 38.0. The number of ether oxygens (including phenoxy) is 3. The number of nitrogens with one attached hydrogen (secondary N) is 3. The topological polar surface area (TPSA) is 181 Å². The van der Waals surface area contributed by atoms with Crippen molar-refractivity contribution in [3.8, 4) is 22.6 Å². The lowest BCUT2D eigenvalue weighted by Crippen LogP contribution is -2.47. The Kier molecular flexibility index (Phi) is 13.1. The van der Waals surface area contributed by atoms with Crippen molar-refractivity contribution >= 4 is 60.9 Å². The molecule has 67 heavy (non-hydrogen) atoms. The molecule has 1 atom stereocenters. The van der Waals surface area contributed by atoms with Crippen molar-refractivity contribution in [2.24, 2.45) is 5.41 Å². The normalized spacial score (nSPS) is 18.0. The summed E-state index contributed by atoms with van der Waals surface area (Å²) in [6.45, 7) is 9.54. The largest absolute Gasteiger partial charge is 0.455 e. The number of hydrogen-bond donors (Lipinski definition) is 3. The molecular weight excluding hydrogens is 905 g/mol. The third-order valence-electron chi connectivity index (χ3n) is 12.4. The molecule has 9 rings (SSSR count). The van der Waals surface area contributed by atoms with Crippen LogP contribution in [0.15, 0.2) is 101 Å². The average Bonchev–Trinajstić information content (AvgIpc) is 4.01. The minimum Gasteiger partial charge on any atom is -0.455 e. The number of pyridine rings is 1. The highest BCUT2D eigenvalue weighted by Crippen LogP contribution is 2.46. The van der Waals surface area contributed by atoms with E-state index in [0.717, 1.165) is 72.5 Å². The van der Waals surface area contributed by atoms with Gasteiger partial charge in [-0.2, -0.15) is 0 Å². The number of nitro benzene ring substituents is 1. The molecule has 350 valence electrons. The van der Waals surface area contributed by atoms with Gasteiger partial charge in [-0.3, -0.25) is 19.8 Å². The first kappa shape index (κ1) is 45.9. The standard InChI is InChI=1S/C48H49F2N7O8S2/c1-48(2)11-9-32(39(24-48)45-21-33(29-66-45)30-3-7-40(49)41(50)20-30)27-55-13-15-56(16-14-55)34-4-6-38(44(22-34)65-35-19-31-10-12-51-46(31)53-25-35)47(58)54-67(61,62)37-5-8-42(43(23-37)57(59)60)52-26-36-28-63-17-18-64-36/h3-8,10,12,19-23,25,29,36,52H,9,11,13-18,24,26-28H2,1-2H3,(H,51,53)(H,54,58)/t36-/m0/s1. The second kappa shape index (κ2) is 19.2. The van der Waals surface area contributed by atoms with E-state index in [9.17, 15) is 32.1 Å². The molecule has 0 unspecified atom stereocenters. The Morgan fingerprint density at radius 1 is 1.01 bits per heavy atom. The Bertz CT molecular complexity index is 2980. The average molecular weight is 954 g/mol. The van der Waals surface area contributed by atoms with Crippen LogP contribution in [-0.4, -0.2) is 99.3 Å². The van der Waals surface area contributed by atoms with Crippen LogP contribution in [-0.2, 0) is 19.5 Å². The van der Waals surface area contributed by atoms with Gasteiger partial charge in [0, 0.05) is 73.5 Å². The van der Waals surface area contributed by atoms with E-state index in [0.29, 0.717) is 49.9 Å². The summed E-state index contributed by atoms with van der Waals surface area (Å²) in [5.41, 5.74) is 5.21. The van der Waals surface area contributed by atoms with Crippen molar-refractivity contribution in [3.05, 3.63) is 128 Å². The van der Waals surface area contributed by atoms with Crippen molar-refractivity contribution in [1.82, 2.24) is 19.6 Å². The number of rotatable bonds is 14. The van der Waals surface area contributed by atoms with Gasteiger partial charge in [0.25, 0.3) is 21.6 Å². The number of carbonyl (C=O) groups is 1. The van der Waals surface area contributed by atoms with Gasteiger partial charge in [0.1, 0.15) is 22.8 Å². The molecule has 3 aliphatic rings. The highest BCUT2D eigenvalue weighted by Gasteiger charge is 2.31. The number of halogens is 2. The van der Waals surface area contributed by atoms with Gasteiger partial charge in [-0.05, 0) is 101 Å². The molecule has 2 fully saturated rings. The number of aromatic amines is 1. The Morgan fingerprint density at radius 3 is 2.63 bits per heavy atom. The number of allylic oxidation sites excluding steroid dienone is 1. The van der Waals surface area contributed by atoms with Gasteiger partial charge in [-0.1, -0.05) is 25.5 Å². The second-order valence-corrected chi connectivity index (χ2v) is 20.3. The van der Waals surface area contributed by atoms with Crippen molar-refractivity contribution in [3.63, 3.8) is 0 Å². The predicted octanol–water partition coefficient (Wildman–Crippen LogP) is 9.00. The molecule has 0 bridgehead atoms. The smallest absolute Gasteiger partial charge is 0.293 e. The highest BCUT2D eigenvalue weighted by molar-refractivity contribution is 7.90. The van der Waals surface area contributed by atoms with E-state index in [4.69, 9.17) is 14.2 Å². The number of hydrogen-bond acceptors (Lipinski definition) is 13. The molecule has 3 aromatic carbocycles. The van der Waals surface area contributed by atoms with E-state index < -0.39 is 43.1 Å². The molecule has 15 nitrogen and oxygen atoms in total. The van der Waals surface area contributed by atoms with Crippen LogP contribution in [0.5, 0.6) is 11.5 Å². The first-order chi connectivity index (χ1) is 32.2. The number of aromatic nitrogens is 2. The minimum atomic E-state index is -4.61. The summed E-state index contributed by atoms with van der Waals surface area (Å²) >= 11 is 1.63. The Balaban J connectivity index is 0.923. The zero-order chi connectivity index (χ0) is 46.9. The Hall–Kier alpha value is -6.25. The molecule has 19 heteroatoms. The van der Waals surface area contributed by atoms with Gasteiger partial charge in [-0.15, -0.1) is 11.3 Å². The van der Waals surface area contributed by atoms with Crippen LogP contribution in [0.3, 0.4) is 0 Å². The quantitative estimate of drug-likeness (QED) is 0.0698. The number of benzene rings is 3. The molecule has 1 amide bonds. The fraction of sp³-hybridized carbons (Fsp3) is 0.333. The maximum atomic E-state index is 14.1. The van der Waals surface area contributed by atoms with Crippen LogP contribution < -0.4 is 19.7 Å². The molecule has 1 aliphatic carbocycles. The summed E-state index contributed by atoms with van der Waals surface area (Å²) in [6, 6.07) is 18.0. The number of thiophene rings is 1. The van der Waals surface area contributed by atoms with Crippen molar-refractivity contribution in [2.75, 3.05) is 69.3 Å². The Labute approximate surface area is 390 Å². The van der Waals surface area contributed by atoms with Crippen molar-refractivity contribution in [2.45, 2.75) is 44.1 Å². The van der Waals surface area contributed by atoms with E-state index in [1.165, 1.54) is 41.6 Å². The van der Waals surface area contributed by atoms with E-state index in [-0.39, 0.29) is 35.1 Å². The van der Waals surface area contributed by atoms with E-state index in [1.54, 1.807) is 41.8 Å². The molecule has 3 aromatic heterocycles. The van der Waals surface area contributed by atoms with Crippen LogP contribution in [0.2, 0.25) is 0 Å². The third-order valence-corrected chi connectivity index (χ3v) is 14.7. The summed E-state index contributed by atoms with van der Waals surface area (Å²) < 4.78 is 74.6. The van der Waals surface area contributed by atoms with Gasteiger partial charge in [0.05, 0.1) is 47.5 Å². The van der Waals surface area contributed by atoms with Crippen molar-refractivity contribution in [1.29, 1.82) is 0 Å². The van der Waals surface area contributed by atoms with Gasteiger partial charge in [0.15, 0.2) is 11.6 Å². The lowest BCUT2D eigenvalue weighted by Gasteiger charge is -2.39. The van der Waals surface area contributed by atoms with E-state index in [2.05, 4.69) is 49.7 Å². The fourth-order valence-corrected chi connectivity index (χ4v) is 10.7. The lowest BCUT2D eigenvalue weighted by atomic mass is 9.73. The molecule has 5 heterocycles. The molecule has 0 saturated carbocycles. The van der Waals surface area contributed by atoms with E-state index >= 15 is 0 Å². The molecule has 0 spiro atoms. The van der Waals surface area contributed by atoms with Crippen LogP contribution in [0.4, 0.5) is 25.8 Å². The lowest BCUT2D eigenvalue weighted by molar-refractivity contribution is -0.384. The zero-order valence-corrected chi connectivity index (χ0v) is 38.5. The third kappa shape index (κ3) is 10.5. The number of amides is 1. The van der Waals surface area contributed by atoms with E-state index in [1.807, 2.05) is 11.4 Å². The van der Waals surface area contributed by atoms with Gasteiger partial charge in [-0.25, -0.2) is 26.9 Å². The summed E-state index contributed by atoms with van der Waals surface area (Å²) in [5.74, 6) is -2.33. The number of fused-ring (bicyclic) bond motifs is 1.